The lowest BCUT2D eigenvalue weighted by Gasteiger charge is -2.61. The van der Waals surface area contributed by atoms with Gasteiger partial charge < -0.3 is 10.2 Å². The molecule has 0 bridgehead atoms. The van der Waals surface area contributed by atoms with Crippen molar-refractivity contribution in [3.63, 3.8) is 0 Å². The van der Waals surface area contributed by atoms with Crippen molar-refractivity contribution >= 4 is 11.6 Å². The zero-order chi connectivity index (χ0) is 18.2. The lowest BCUT2D eigenvalue weighted by molar-refractivity contribution is -0.184. The van der Waals surface area contributed by atoms with Crippen LogP contribution in [0.4, 0.5) is 0 Å². The van der Waals surface area contributed by atoms with Crippen LogP contribution < -0.4 is 0 Å². The van der Waals surface area contributed by atoms with E-state index in [0.717, 1.165) is 32.1 Å². The fourth-order valence-corrected chi connectivity index (χ4v) is 7.68. The molecule has 4 rings (SSSR count). The first-order chi connectivity index (χ1) is 11.6. The van der Waals surface area contributed by atoms with Crippen LogP contribution >= 0.6 is 0 Å². The highest BCUT2D eigenvalue weighted by Crippen LogP contribution is 2.68. The fourth-order valence-electron chi connectivity index (χ4n) is 7.68. The molecule has 0 amide bonds. The third-order valence-electron chi connectivity index (χ3n) is 9.23. The van der Waals surface area contributed by atoms with Gasteiger partial charge in [-0.1, -0.05) is 13.8 Å². The van der Waals surface area contributed by atoms with Crippen molar-refractivity contribution in [1.29, 1.82) is 0 Å². The van der Waals surface area contributed by atoms with Crippen molar-refractivity contribution in [3.05, 3.63) is 0 Å². The smallest absolute Gasteiger partial charge is 0.161 e. The monoisotopic (exact) mass is 348 g/mol. The topological polar surface area (TPSA) is 74.6 Å². The summed E-state index contributed by atoms with van der Waals surface area (Å²) in [6.07, 6.45) is 5.66. The molecule has 0 aromatic carbocycles. The Morgan fingerprint density at radius 3 is 2.44 bits per heavy atom. The quantitative estimate of drug-likeness (QED) is 0.764. The molecule has 8 atom stereocenters. The molecule has 4 nitrogen and oxygen atoms in total. The Morgan fingerprint density at radius 1 is 1.08 bits per heavy atom. The first kappa shape index (κ1) is 17.7. The van der Waals surface area contributed by atoms with Gasteiger partial charge in [-0.2, -0.15) is 0 Å². The minimum Gasteiger partial charge on any atom is -0.393 e. The molecule has 0 unspecified atom stereocenters. The van der Waals surface area contributed by atoms with Gasteiger partial charge in [-0.05, 0) is 74.5 Å². The summed E-state index contributed by atoms with van der Waals surface area (Å²) >= 11 is 0. The van der Waals surface area contributed by atoms with Crippen LogP contribution in [0.25, 0.3) is 0 Å². The summed E-state index contributed by atoms with van der Waals surface area (Å²) in [5.41, 5.74) is -1.55. The van der Waals surface area contributed by atoms with Crippen molar-refractivity contribution < 1.29 is 19.8 Å². The summed E-state index contributed by atoms with van der Waals surface area (Å²) in [4.78, 5) is 24.2. The molecule has 4 heteroatoms. The molecular weight excluding hydrogens is 316 g/mol. The molecule has 4 aliphatic rings. The van der Waals surface area contributed by atoms with Gasteiger partial charge in [0, 0.05) is 18.3 Å². The molecule has 2 N–H and O–H groups in total. The Labute approximate surface area is 150 Å². The second-order valence-corrected chi connectivity index (χ2v) is 9.95. The third kappa shape index (κ3) is 2.13. The summed E-state index contributed by atoms with van der Waals surface area (Å²) in [5, 5.41) is 22.0. The molecule has 4 aliphatic carbocycles. The predicted octanol–water partition coefficient (Wildman–Crippen LogP) is 2.89. The summed E-state index contributed by atoms with van der Waals surface area (Å²) in [5.74, 6) is 1.45. The fraction of sp³-hybridized carbons (Fsp3) is 0.905. The Kier molecular flexibility index (Phi) is 3.81. The van der Waals surface area contributed by atoms with Crippen LogP contribution in [0.1, 0.15) is 72.1 Å². The third-order valence-corrected chi connectivity index (χ3v) is 9.23. The highest BCUT2D eigenvalue weighted by molar-refractivity contribution is 5.86. The standard InChI is InChI=1S/C21H32O4/c1-12(22)21(25)9-6-16-14-11-18(24)17-10-13(23)4-7-19(17,2)15(14)5-8-20(16,21)3/h14-18,24-25H,4-11H2,1-3H3/t14-,15+,16+,17-,18-,19-,20+,21-/m1/s1. The van der Waals surface area contributed by atoms with Crippen LogP contribution in [0.15, 0.2) is 0 Å². The Balaban J connectivity index is 1.69. The van der Waals surface area contributed by atoms with Gasteiger partial charge in [-0.15, -0.1) is 0 Å². The van der Waals surface area contributed by atoms with Crippen LogP contribution in [0.5, 0.6) is 0 Å². The van der Waals surface area contributed by atoms with Crippen molar-refractivity contribution in [2.24, 2.45) is 34.5 Å². The van der Waals surface area contributed by atoms with Crippen LogP contribution in [-0.4, -0.2) is 33.5 Å². The lowest BCUT2D eigenvalue weighted by atomic mass is 9.43. The van der Waals surface area contributed by atoms with Crippen LogP contribution in [0.2, 0.25) is 0 Å². The van der Waals surface area contributed by atoms with E-state index in [2.05, 4.69) is 13.8 Å². The van der Waals surface area contributed by atoms with Crippen molar-refractivity contribution in [2.75, 3.05) is 0 Å². The zero-order valence-corrected chi connectivity index (χ0v) is 15.8. The second kappa shape index (κ2) is 5.39. The minimum atomic E-state index is -1.20. The normalized spacial score (nSPS) is 55.2. The van der Waals surface area contributed by atoms with Gasteiger partial charge >= 0.3 is 0 Å². The van der Waals surface area contributed by atoms with Gasteiger partial charge in [0.1, 0.15) is 11.4 Å². The van der Waals surface area contributed by atoms with E-state index in [1.165, 1.54) is 6.92 Å². The molecule has 25 heavy (non-hydrogen) atoms. The van der Waals surface area contributed by atoms with E-state index in [0.29, 0.717) is 42.8 Å². The largest absolute Gasteiger partial charge is 0.393 e. The van der Waals surface area contributed by atoms with E-state index in [9.17, 15) is 19.8 Å². The molecule has 0 saturated heterocycles. The molecule has 140 valence electrons. The Bertz CT molecular complexity index is 615. The van der Waals surface area contributed by atoms with Crippen molar-refractivity contribution in [3.8, 4) is 0 Å². The molecule has 0 radical (unpaired) electrons. The van der Waals surface area contributed by atoms with Gasteiger partial charge in [0.05, 0.1) is 6.10 Å². The molecule has 0 aliphatic heterocycles. The number of carbonyl (C=O) groups is 2. The molecule has 0 heterocycles. The van der Waals surface area contributed by atoms with Crippen LogP contribution in [0, 0.1) is 34.5 Å². The van der Waals surface area contributed by atoms with Gasteiger partial charge in [-0.25, -0.2) is 0 Å². The van der Waals surface area contributed by atoms with Gasteiger partial charge in [0.2, 0.25) is 0 Å². The minimum absolute atomic E-state index is 0.0223. The number of carbonyl (C=O) groups excluding carboxylic acids is 2. The molecule has 4 saturated carbocycles. The first-order valence-corrected chi connectivity index (χ1v) is 10.1. The van der Waals surface area contributed by atoms with Crippen LogP contribution in [0.3, 0.4) is 0 Å². The number of ketones is 2. The van der Waals surface area contributed by atoms with Crippen molar-refractivity contribution in [1.82, 2.24) is 0 Å². The number of fused-ring (bicyclic) bond motifs is 5. The maximum absolute atomic E-state index is 12.2. The SMILES string of the molecule is CC(=O)[C@]1(O)CC[C@H]2[C@@H]3C[C@@H](O)[C@H]4CC(=O)CC[C@]4(C)[C@H]3CC[C@@]21C. The van der Waals surface area contributed by atoms with Crippen molar-refractivity contribution in [2.45, 2.75) is 83.8 Å². The molecular formula is C21H32O4. The predicted molar refractivity (Wildman–Crippen MR) is 93.8 cm³/mol. The number of aliphatic hydroxyl groups is 2. The number of rotatable bonds is 1. The van der Waals surface area contributed by atoms with E-state index in [1.807, 2.05) is 0 Å². The average Bonchev–Trinajstić information content (AvgIpc) is 2.83. The Hall–Kier alpha value is -0.740. The summed E-state index contributed by atoms with van der Waals surface area (Å²) in [6, 6.07) is 0. The number of hydrogen-bond donors (Lipinski definition) is 2. The van der Waals surface area contributed by atoms with Crippen LogP contribution in [-0.2, 0) is 9.59 Å². The van der Waals surface area contributed by atoms with Gasteiger partial charge in [0.15, 0.2) is 5.78 Å². The van der Waals surface area contributed by atoms with E-state index in [4.69, 9.17) is 0 Å². The Morgan fingerprint density at radius 2 is 1.76 bits per heavy atom. The van der Waals surface area contributed by atoms with E-state index in [-0.39, 0.29) is 22.5 Å². The van der Waals surface area contributed by atoms with Gasteiger partial charge in [-0.3, -0.25) is 9.59 Å². The molecule has 0 aromatic rings. The highest BCUT2D eigenvalue weighted by atomic mass is 16.3. The van der Waals surface area contributed by atoms with E-state index >= 15 is 0 Å². The maximum Gasteiger partial charge on any atom is 0.161 e. The summed E-state index contributed by atoms with van der Waals surface area (Å²) < 4.78 is 0. The summed E-state index contributed by atoms with van der Waals surface area (Å²) in [7, 11) is 0. The first-order valence-electron chi connectivity index (χ1n) is 10.1. The van der Waals surface area contributed by atoms with E-state index in [1.54, 1.807) is 0 Å². The lowest BCUT2D eigenvalue weighted by Crippen LogP contribution is -2.60. The maximum atomic E-state index is 12.2. The molecule has 4 fully saturated rings. The molecule has 0 spiro atoms. The number of aliphatic hydroxyl groups excluding tert-OH is 1. The number of Topliss-reactive ketones (excluding diaryl/α,β-unsaturated/α-hetero) is 2. The molecule has 0 aromatic heterocycles. The number of hydrogen-bond acceptors (Lipinski definition) is 4. The highest BCUT2D eigenvalue weighted by Gasteiger charge is 2.67. The van der Waals surface area contributed by atoms with Gasteiger partial charge in [0.25, 0.3) is 0 Å². The second-order valence-electron chi connectivity index (χ2n) is 9.95. The summed E-state index contributed by atoms with van der Waals surface area (Å²) in [6.45, 7) is 5.92. The van der Waals surface area contributed by atoms with E-state index < -0.39 is 11.7 Å². The zero-order valence-electron chi connectivity index (χ0n) is 15.8. The average molecular weight is 348 g/mol.